The minimum absolute atomic E-state index is 0.103. The number of benzene rings is 1. The third-order valence-electron chi connectivity index (χ3n) is 5.12. The zero-order valence-corrected chi connectivity index (χ0v) is 17.5. The predicted octanol–water partition coefficient (Wildman–Crippen LogP) is 1.14. The third kappa shape index (κ3) is 6.21. The minimum Gasteiger partial charge on any atom is -0.475 e. The lowest BCUT2D eigenvalue weighted by Gasteiger charge is -2.21. The fourth-order valence-electron chi connectivity index (χ4n) is 3.68. The molecule has 0 bridgehead atoms. The number of aliphatic carboxylic acids is 1. The number of likely N-dealkylation sites (tertiary alicyclic amines) is 1. The maximum Gasteiger partial charge on any atom is 0.490 e. The molecule has 0 aliphatic carbocycles. The second-order valence-electron chi connectivity index (χ2n) is 7.47. The maximum atomic E-state index is 11.8. The van der Waals surface area contributed by atoms with Crippen molar-refractivity contribution in [2.24, 2.45) is 5.92 Å². The summed E-state index contributed by atoms with van der Waals surface area (Å²) in [5.41, 5.74) is 1.16. The second-order valence-corrected chi connectivity index (χ2v) is 9.46. The number of rotatable bonds is 3. The summed E-state index contributed by atoms with van der Waals surface area (Å²) in [5, 5.41) is 7.12. The first-order chi connectivity index (χ1) is 14.4. The van der Waals surface area contributed by atoms with Gasteiger partial charge in [0.05, 0.1) is 19.0 Å². The van der Waals surface area contributed by atoms with Crippen LogP contribution < -0.4 is 9.47 Å². The van der Waals surface area contributed by atoms with Crippen LogP contribution in [0.5, 0.6) is 11.5 Å². The molecule has 0 spiro atoms. The van der Waals surface area contributed by atoms with Crippen LogP contribution in [0, 0.1) is 5.92 Å². The number of fused-ring (bicyclic) bond motifs is 2. The first-order valence-corrected chi connectivity index (χ1v) is 11.3. The normalized spacial score (nSPS) is 24.1. The van der Waals surface area contributed by atoms with Gasteiger partial charge >= 0.3 is 12.1 Å². The largest absolute Gasteiger partial charge is 0.490 e. The fraction of sp³-hybridized carbons (Fsp3) is 0.611. The van der Waals surface area contributed by atoms with E-state index in [1.165, 1.54) is 6.26 Å². The number of ether oxygens (including phenoxy) is 3. The highest BCUT2D eigenvalue weighted by Crippen LogP contribution is 2.33. The summed E-state index contributed by atoms with van der Waals surface area (Å²) in [6.45, 7) is 4.21. The van der Waals surface area contributed by atoms with Gasteiger partial charge in [-0.05, 0) is 17.7 Å². The van der Waals surface area contributed by atoms with Crippen LogP contribution in [0.3, 0.4) is 0 Å². The summed E-state index contributed by atoms with van der Waals surface area (Å²) < 4.78 is 73.6. The molecule has 0 aromatic heterocycles. The molecule has 2 saturated heterocycles. The standard InChI is InChI=1S/C16H22N2O5S.C2HF3O2/c1-24(19,20)18-4-5-21-16-10-17(8-13(16)9-18)7-12-2-3-14-15(6-12)23-11-22-14;3-2(4,5)1(6)7/h2-3,6,13,16H,4-5,7-11H2,1H3;(H,6,7)/t13-,16-;/m1./s1. The topological polar surface area (TPSA) is 106 Å². The number of nitrogens with zero attached hydrogens (tertiary/aromatic N) is 2. The van der Waals surface area contributed by atoms with Gasteiger partial charge in [0.2, 0.25) is 16.8 Å². The number of sulfonamides is 1. The molecular formula is C18H23F3N2O7S. The summed E-state index contributed by atoms with van der Waals surface area (Å²) in [7, 11) is -3.17. The van der Waals surface area contributed by atoms with Crippen molar-refractivity contribution in [1.82, 2.24) is 9.21 Å². The summed E-state index contributed by atoms with van der Waals surface area (Å²) in [4.78, 5) is 11.2. The summed E-state index contributed by atoms with van der Waals surface area (Å²) in [5.74, 6) is -0.957. The average Bonchev–Trinajstić information content (AvgIpc) is 3.21. The Morgan fingerprint density at radius 1 is 1.19 bits per heavy atom. The average molecular weight is 468 g/mol. The van der Waals surface area contributed by atoms with E-state index in [1.54, 1.807) is 4.31 Å². The Balaban J connectivity index is 0.000000339. The summed E-state index contributed by atoms with van der Waals surface area (Å²) >= 11 is 0. The Morgan fingerprint density at radius 2 is 1.87 bits per heavy atom. The second kappa shape index (κ2) is 9.18. The first-order valence-electron chi connectivity index (χ1n) is 9.41. The number of hydrogen-bond donors (Lipinski definition) is 1. The molecule has 3 aliphatic heterocycles. The molecule has 3 aliphatic rings. The molecular weight excluding hydrogens is 445 g/mol. The molecule has 0 unspecified atom stereocenters. The maximum absolute atomic E-state index is 11.8. The van der Waals surface area contributed by atoms with Gasteiger partial charge in [-0.2, -0.15) is 17.5 Å². The molecule has 2 atom stereocenters. The van der Waals surface area contributed by atoms with Crippen LogP contribution in [0.2, 0.25) is 0 Å². The van der Waals surface area contributed by atoms with Crippen LogP contribution in [0.1, 0.15) is 5.56 Å². The number of carboxylic acids is 1. The van der Waals surface area contributed by atoms with Gasteiger partial charge in [0.15, 0.2) is 11.5 Å². The lowest BCUT2D eigenvalue weighted by Crippen LogP contribution is -2.36. The van der Waals surface area contributed by atoms with Crippen LogP contribution in [-0.2, 0) is 26.1 Å². The van der Waals surface area contributed by atoms with Gasteiger partial charge in [0.1, 0.15) is 0 Å². The predicted molar refractivity (Wildman–Crippen MR) is 101 cm³/mol. The number of alkyl halides is 3. The molecule has 9 nitrogen and oxygen atoms in total. The Bertz CT molecular complexity index is 910. The van der Waals surface area contributed by atoms with Crippen LogP contribution in [0.15, 0.2) is 18.2 Å². The van der Waals surface area contributed by atoms with E-state index in [1.807, 2.05) is 18.2 Å². The van der Waals surface area contributed by atoms with E-state index in [9.17, 15) is 21.6 Å². The van der Waals surface area contributed by atoms with Crippen molar-refractivity contribution in [3.63, 3.8) is 0 Å². The van der Waals surface area contributed by atoms with E-state index in [0.29, 0.717) is 19.7 Å². The lowest BCUT2D eigenvalue weighted by molar-refractivity contribution is -0.192. The third-order valence-corrected chi connectivity index (χ3v) is 6.39. The SMILES string of the molecule is CS(=O)(=O)N1CCO[C@@H]2CN(Cc3ccc4c(c3)OCO4)C[C@@H]2C1.O=C(O)C(F)(F)F. The molecule has 31 heavy (non-hydrogen) atoms. The highest BCUT2D eigenvalue weighted by atomic mass is 32.2. The first kappa shape index (κ1) is 23.6. The monoisotopic (exact) mass is 468 g/mol. The number of carboxylic acid groups (broad SMARTS) is 1. The molecule has 0 saturated carbocycles. The van der Waals surface area contributed by atoms with Crippen LogP contribution in [-0.4, -0.2) is 86.8 Å². The summed E-state index contributed by atoms with van der Waals surface area (Å²) in [6.07, 6.45) is -3.71. The zero-order chi connectivity index (χ0) is 22.8. The number of hydrogen-bond acceptors (Lipinski definition) is 7. The Labute approximate surface area is 177 Å². The van der Waals surface area contributed by atoms with Gasteiger partial charge in [-0.25, -0.2) is 13.2 Å². The molecule has 4 rings (SSSR count). The van der Waals surface area contributed by atoms with Crippen molar-refractivity contribution in [2.75, 3.05) is 45.8 Å². The van der Waals surface area contributed by atoms with E-state index < -0.39 is 22.2 Å². The van der Waals surface area contributed by atoms with Crippen molar-refractivity contribution in [1.29, 1.82) is 0 Å². The molecule has 2 fully saturated rings. The van der Waals surface area contributed by atoms with Gasteiger partial charge in [-0.15, -0.1) is 0 Å². The van der Waals surface area contributed by atoms with Gasteiger partial charge in [0.25, 0.3) is 0 Å². The molecule has 13 heteroatoms. The van der Waals surface area contributed by atoms with Crippen molar-refractivity contribution in [2.45, 2.75) is 18.8 Å². The van der Waals surface area contributed by atoms with E-state index in [-0.39, 0.29) is 18.8 Å². The molecule has 0 radical (unpaired) electrons. The molecule has 1 aromatic rings. The summed E-state index contributed by atoms with van der Waals surface area (Å²) in [6, 6.07) is 6.00. The van der Waals surface area contributed by atoms with Gasteiger partial charge in [0, 0.05) is 38.6 Å². The van der Waals surface area contributed by atoms with Gasteiger partial charge in [-0.1, -0.05) is 6.07 Å². The number of carbonyl (C=O) groups is 1. The van der Waals surface area contributed by atoms with Crippen LogP contribution in [0.25, 0.3) is 0 Å². The van der Waals surface area contributed by atoms with E-state index in [2.05, 4.69) is 4.90 Å². The van der Waals surface area contributed by atoms with E-state index >= 15 is 0 Å². The minimum atomic E-state index is -5.08. The van der Waals surface area contributed by atoms with E-state index in [0.717, 1.165) is 36.7 Å². The quantitative estimate of drug-likeness (QED) is 0.704. The van der Waals surface area contributed by atoms with Crippen molar-refractivity contribution in [3.8, 4) is 11.5 Å². The highest BCUT2D eigenvalue weighted by Gasteiger charge is 2.39. The van der Waals surface area contributed by atoms with Crippen molar-refractivity contribution in [3.05, 3.63) is 23.8 Å². The molecule has 1 N–H and O–H groups in total. The molecule has 0 amide bonds. The van der Waals surface area contributed by atoms with Gasteiger partial charge < -0.3 is 19.3 Å². The lowest BCUT2D eigenvalue weighted by atomic mass is 10.1. The highest BCUT2D eigenvalue weighted by molar-refractivity contribution is 7.88. The fourth-order valence-corrected chi connectivity index (χ4v) is 4.55. The van der Waals surface area contributed by atoms with Gasteiger partial charge in [-0.3, -0.25) is 4.90 Å². The number of halogens is 3. The van der Waals surface area contributed by atoms with Crippen LogP contribution in [0.4, 0.5) is 13.2 Å². The smallest absolute Gasteiger partial charge is 0.475 e. The Morgan fingerprint density at radius 3 is 2.52 bits per heavy atom. The van der Waals surface area contributed by atoms with E-state index in [4.69, 9.17) is 24.1 Å². The Kier molecular flexibility index (Phi) is 6.98. The van der Waals surface area contributed by atoms with Crippen LogP contribution >= 0.6 is 0 Å². The Hall–Kier alpha value is -2.09. The van der Waals surface area contributed by atoms with Crippen molar-refractivity contribution < 1.29 is 45.7 Å². The molecule has 1 aromatic carbocycles. The molecule has 174 valence electrons. The zero-order valence-electron chi connectivity index (χ0n) is 16.7. The van der Waals surface area contributed by atoms with Crippen molar-refractivity contribution >= 4 is 16.0 Å². The molecule has 3 heterocycles.